The van der Waals surface area contributed by atoms with Gasteiger partial charge in [-0.15, -0.1) is 0 Å². The van der Waals surface area contributed by atoms with E-state index in [2.05, 4.69) is 13.0 Å². The third-order valence-corrected chi connectivity index (χ3v) is 8.00. The van der Waals surface area contributed by atoms with Crippen LogP contribution in [0.1, 0.15) is 102 Å². The van der Waals surface area contributed by atoms with Gasteiger partial charge in [0.25, 0.3) is 0 Å². The second kappa shape index (κ2) is 10.8. The van der Waals surface area contributed by atoms with E-state index in [0.29, 0.717) is 17.5 Å². The lowest BCUT2D eigenvalue weighted by molar-refractivity contribution is -0.239. The Balaban J connectivity index is 1.33. The number of hydrogen-bond acceptors (Lipinski definition) is 2. The lowest BCUT2D eigenvalue weighted by Crippen LogP contribution is -2.41. The molecule has 2 fully saturated rings. The van der Waals surface area contributed by atoms with E-state index in [-0.39, 0.29) is 19.0 Å². The standard InChI is InChI=1S/C28H40F2O2/c1-3-5-20-6-8-21(9-7-20)22-10-12-23(13-11-22)25-15-14-24(17-26(25)29)27-31-18-28(30,16-4-2)19-32-27/h12,14-15,17,20-22,27H,3-11,13,16,18-19H2,1-2H3. The minimum Gasteiger partial charge on any atom is -0.345 e. The van der Waals surface area contributed by atoms with Gasteiger partial charge in [0, 0.05) is 11.1 Å². The first-order chi connectivity index (χ1) is 15.5. The van der Waals surface area contributed by atoms with Gasteiger partial charge >= 0.3 is 0 Å². The Morgan fingerprint density at radius 2 is 1.72 bits per heavy atom. The number of benzene rings is 1. The van der Waals surface area contributed by atoms with Crippen LogP contribution >= 0.6 is 0 Å². The minimum absolute atomic E-state index is 0.00176. The molecule has 1 saturated carbocycles. The molecule has 1 aromatic carbocycles. The summed E-state index contributed by atoms with van der Waals surface area (Å²) in [6.45, 7) is 4.24. The zero-order chi connectivity index (χ0) is 22.6. The van der Waals surface area contributed by atoms with Gasteiger partial charge in [0.2, 0.25) is 0 Å². The van der Waals surface area contributed by atoms with E-state index in [0.717, 1.165) is 42.6 Å². The van der Waals surface area contributed by atoms with Crippen LogP contribution in [0.4, 0.5) is 8.78 Å². The lowest BCUT2D eigenvalue weighted by Gasteiger charge is -2.35. The highest BCUT2D eigenvalue weighted by Crippen LogP contribution is 2.42. The molecule has 3 aliphatic rings. The molecule has 1 aliphatic heterocycles. The van der Waals surface area contributed by atoms with E-state index in [1.54, 1.807) is 0 Å². The van der Waals surface area contributed by atoms with Gasteiger partial charge in [0.05, 0.1) is 13.2 Å². The van der Waals surface area contributed by atoms with Crippen molar-refractivity contribution >= 4 is 5.57 Å². The second-order valence-electron chi connectivity index (χ2n) is 10.4. The fraction of sp³-hybridized carbons (Fsp3) is 0.714. The Morgan fingerprint density at radius 1 is 0.969 bits per heavy atom. The molecule has 2 nitrogen and oxygen atoms in total. The third-order valence-electron chi connectivity index (χ3n) is 8.00. The summed E-state index contributed by atoms with van der Waals surface area (Å²) in [6.07, 6.45) is 14.2. The van der Waals surface area contributed by atoms with Crippen molar-refractivity contribution in [1.82, 2.24) is 0 Å². The molecule has 0 bridgehead atoms. The predicted molar refractivity (Wildman–Crippen MR) is 125 cm³/mol. The Morgan fingerprint density at radius 3 is 2.31 bits per heavy atom. The number of hydrogen-bond donors (Lipinski definition) is 0. The van der Waals surface area contributed by atoms with E-state index in [4.69, 9.17) is 9.47 Å². The van der Waals surface area contributed by atoms with E-state index in [9.17, 15) is 4.39 Å². The normalized spacial score (nSPS) is 33.7. The largest absolute Gasteiger partial charge is 0.345 e. The van der Waals surface area contributed by atoms with Crippen LogP contribution in [0.25, 0.3) is 5.57 Å². The first-order valence-corrected chi connectivity index (χ1v) is 12.9. The van der Waals surface area contributed by atoms with Crippen LogP contribution in [0.2, 0.25) is 0 Å². The Kier molecular flexibility index (Phi) is 8.04. The molecule has 178 valence electrons. The van der Waals surface area contributed by atoms with Crippen LogP contribution in [-0.4, -0.2) is 18.9 Å². The minimum atomic E-state index is -1.43. The van der Waals surface area contributed by atoms with Gasteiger partial charge in [0.15, 0.2) is 12.0 Å². The van der Waals surface area contributed by atoms with Crippen LogP contribution < -0.4 is 0 Å². The molecule has 1 atom stereocenters. The summed E-state index contributed by atoms with van der Waals surface area (Å²) >= 11 is 0. The van der Waals surface area contributed by atoms with Gasteiger partial charge in [-0.3, -0.25) is 0 Å². The average Bonchev–Trinajstić information content (AvgIpc) is 2.80. The van der Waals surface area contributed by atoms with E-state index >= 15 is 4.39 Å². The van der Waals surface area contributed by atoms with Crippen LogP contribution in [0.5, 0.6) is 0 Å². The van der Waals surface area contributed by atoms with Gasteiger partial charge in [-0.05, 0) is 67.9 Å². The average molecular weight is 447 g/mol. The molecule has 1 saturated heterocycles. The molecule has 4 rings (SSSR count). The topological polar surface area (TPSA) is 18.5 Å². The fourth-order valence-corrected chi connectivity index (χ4v) is 6.15. The summed E-state index contributed by atoms with van der Waals surface area (Å²) in [7, 11) is 0. The highest BCUT2D eigenvalue weighted by Gasteiger charge is 2.37. The smallest absolute Gasteiger partial charge is 0.184 e. The summed E-state index contributed by atoms with van der Waals surface area (Å²) in [4.78, 5) is 0. The number of rotatable bonds is 7. The van der Waals surface area contributed by atoms with Crippen LogP contribution in [0, 0.1) is 23.6 Å². The summed E-state index contributed by atoms with van der Waals surface area (Å²) in [5.41, 5.74) is 1.02. The van der Waals surface area contributed by atoms with Gasteiger partial charge in [0.1, 0.15) is 5.82 Å². The maximum atomic E-state index is 15.0. The highest BCUT2D eigenvalue weighted by atomic mass is 19.1. The molecule has 4 heteroatoms. The van der Waals surface area contributed by atoms with Crippen molar-refractivity contribution in [3.63, 3.8) is 0 Å². The fourth-order valence-electron chi connectivity index (χ4n) is 6.15. The molecular weight excluding hydrogens is 406 g/mol. The molecule has 1 unspecified atom stereocenters. The van der Waals surface area contributed by atoms with Crippen molar-refractivity contribution in [2.75, 3.05) is 13.2 Å². The molecule has 0 spiro atoms. The van der Waals surface area contributed by atoms with E-state index < -0.39 is 12.0 Å². The zero-order valence-corrected chi connectivity index (χ0v) is 19.9. The van der Waals surface area contributed by atoms with Gasteiger partial charge in [-0.1, -0.05) is 64.2 Å². The number of halogens is 2. The lowest BCUT2D eigenvalue weighted by atomic mass is 9.70. The van der Waals surface area contributed by atoms with Gasteiger partial charge < -0.3 is 9.47 Å². The Labute approximate surface area is 192 Å². The quantitative estimate of drug-likeness (QED) is 0.420. The Bertz CT molecular complexity index is 774. The SMILES string of the molecule is CCCC1CCC(C2CC=C(c3ccc(C4OCC(F)(CCC)CO4)cc3F)CC2)CC1. The summed E-state index contributed by atoms with van der Waals surface area (Å²) in [5.74, 6) is 2.33. The molecule has 0 amide bonds. The molecule has 1 heterocycles. The maximum Gasteiger partial charge on any atom is 0.184 e. The van der Waals surface area contributed by atoms with Crippen molar-refractivity contribution in [2.45, 2.75) is 96.4 Å². The molecular formula is C28H40F2O2. The van der Waals surface area contributed by atoms with Gasteiger partial charge in [-0.2, -0.15) is 0 Å². The van der Waals surface area contributed by atoms with Crippen molar-refractivity contribution in [3.05, 3.63) is 41.2 Å². The first-order valence-electron chi connectivity index (χ1n) is 12.9. The zero-order valence-electron chi connectivity index (χ0n) is 19.9. The second-order valence-corrected chi connectivity index (χ2v) is 10.4. The number of allylic oxidation sites excluding steroid dienone is 2. The van der Waals surface area contributed by atoms with Crippen LogP contribution in [0.3, 0.4) is 0 Å². The summed E-state index contributed by atoms with van der Waals surface area (Å²) < 4.78 is 40.7. The third kappa shape index (κ3) is 5.62. The summed E-state index contributed by atoms with van der Waals surface area (Å²) in [6, 6.07) is 5.23. The number of alkyl halides is 1. The predicted octanol–water partition coefficient (Wildman–Crippen LogP) is 8.17. The highest BCUT2D eigenvalue weighted by molar-refractivity contribution is 5.67. The monoisotopic (exact) mass is 446 g/mol. The molecule has 1 aromatic rings. The van der Waals surface area contributed by atoms with E-state index in [1.165, 1.54) is 51.0 Å². The van der Waals surface area contributed by atoms with E-state index in [1.807, 2.05) is 19.1 Å². The van der Waals surface area contributed by atoms with Crippen LogP contribution in [0.15, 0.2) is 24.3 Å². The molecule has 0 radical (unpaired) electrons. The Hall–Kier alpha value is -1.26. The maximum absolute atomic E-state index is 15.0. The van der Waals surface area contributed by atoms with Crippen molar-refractivity contribution in [2.24, 2.45) is 17.8 Å². The molecule has 32 heavy (non-hydrogen) atoms. The number of ether oxygens (including phenoxy) is 2. The molecule has 0 N–H and O–H groups in total. The van der Waals surface area contributed by atoms with Crippen molar-refractivity contribution in [3.8, 4) is 0 Å². The molecule has 0 aromatic heterocycles. The van der Waals surface area contributed by atoms with Crippen molar-refractivity contribution in [1.29, 1.82) is 0 Å². The van der Waals surface area contributed by atoms with Crippen LogP contribution in [-0.2, 0) is 9.47 Å². The van der Waals surface area contributed by atoms with Gasteiger partial charge in [-0.25, -0.2) is 8.78 Å². The van der Waals surface area contributed by atoms with Crippen molar-refractivity contribution < 1.29 is 18.3 Å². The summed E-state index contributed by atoms with van der Waals surface area (Å²) in [5, 5.41) is 0. The first kappa shape index (κ1) is 23.9. The molecule has 2 aliphatic carbocycles.